The highest BCUT2D eigenvalue weighted by molar-refractivity contribution is 6.30. The van der Waals surface area contributed by atoms with Crippen molar-refractivity contribution in [2.45, 2.75) is 67.5 Å². The van der Waals surface area contributed by atoms with Gasteiger partial charge in [-0.3, -0.25) is 18.8 Å². The molecule has 6 heterocycles. The van der Waals surface area contributed by atoms with Gasteiger partial charge in [0, 0.05) is 11.5 Å². The number of carboxylic acid groups (broad SMARTS) is 1. The third-order valence-electron chi connectivity index (χ3n) is 11.9. The molecule has 0 aliphatic carbocycles. The maximum absolute atomic E-state index is 13.4. The van der Waals surface area contributed by atoms with Crippen molar-refractivity contribution in [1.29, 1.82) is 11.1 Å². The van der Waals surface area contributed by atoms with Gasteiger partial charge in [-0.2, -0.15) is 13.2 Å². The van der Waals surface area contributed by atoms with Crippen LogP contribution in [0.3, 0.4) is 0 Å². The maximum Gasteiger partial charge on any atom is 0.490 e. The molecular weight excluding hydrogens is 1110 g/mol. The number of carbonyl (C=O) groups excluding carboxylic acids is 1. The molecule has 2 fully saturated rings. The van der Waals surface area contributed by atoms with Crippen molar-refractivity contribution in [3.8, 4) is 11.1 Å². The summed E-state index contributed by atoms with van der Waals surface area (Å²) in [6.45, 7) is 0. The molecule has 0 spiro atoms. The topological polar surface area (TPSA) is 392 Å². The van der Waals surface area contributed by atoms with E-state index in [9.17, 15) is 43.5 Å². The first-order valence-corrected chi connectivity index (χ1v) is 23.7. The minimum Gasteiger partial charge on any atom is -0.475 e. The van der Waals surface area contributed by atoms with E-state index >= 15 is 0 Å². The largest absolute Gasteiger partial charge is 0.490 e. The molecule has 0 saturated carbocycles. The van der Waals surface area contributed by atoms with Crippen molar-refractivity contribution >= 4 is 69.1 Å². The van der Waals surface area contributed by atoms with Gasteiger partial charge in [-0.05, 0) is 58.7 Å². The van der Waals surface area contributed by atoms with Crippen LogP contribution in [0.5, 0.6) is 0 Å². The van der Waals surface area contributed by atoms with Gasteiger partial charge in [-0.1, -0.05) is 89.9 Å². The van der Waals surface area contributed by atoms with Crippen molar-refractivity contribution in [3.05, 3.63) is 155 Å². The second-order valence-electron chi connectivity index (χ2n) is 16.8. The lowest BCUT2D eigenvalue weighted by Crippen LogP contribution is -2.36. The second kappa shape index (κ2) is 27.3. The lowest BCUT2D eigenvalue weighted by molar-refractivity contribution is -0.192. The van der Waals surface area contributed by atoms with E-state index in [1.807, 2.05) is 42.5 Å². The summed E-state index contributed by atoms with van der Waals surface area (Å²) in [7, 11) is 2.87. The third kappa shape index (κ3) is 13.7. The number of aliphatic hydroxyl groups excluding tert-OH is 5. The number of halogens is 5. The van der Waals surface area contributed by atoms with Crippen LogP contribution >= 0.6 is 23.2 Å². The van der Waals surface area contributed by atoms with Gasteiger partial charge >= 0.3 is 18.1 Å². The summed E-state index contributed by atoms with van der Waals surface area (Å²) in [5, 5.41) is 62.0. The van der Waals surface area contributed by atoms with Crippen molar-refractivity contribution in [2.24, 2.45) is 0 Å². The summed E-state index contributed by atoms with van der Waals surface area (Å²) in [6, 6.07) is 30.0. The van der Waals surface area contributed by atoms with E-state index < -0.39 is 79.4 Å². The minimum absolute atomic E-state index is 0. The number of anilines is 2. The van der Waals surface area contributed by atoms with E-state index in [0.717, 1.165) is 11.1 Å². The summed E-state index contributed by atoms with van der Waals surface area (Å²) < 4.78 is 52.7. The number of ether oxygens (including phenoxy) is 3. The first-order chi connectivity index (χ1) is 37.9. The highest BCUT2D eigenvalue weighted by atomic mass is 35.5. The zero-order valence-electron chi connectivity index (χ0n) is 41.4. The van der Waals surface area contributed by atoms with E-state index in [0.29, 0.717) is 60.7 Å². The fraction of sp³-hybridized carbons (Fsp3) is 0.265. The molecule has 2 aliphatic heterocycles. The van der Waals surface area contributed by atoms with Gasteiger partial charge in [-0.15, -0.1) is 0 Å². The Hall–Kier alpha value is -7.91. The molecule has 80 heavy (non-hydrogen) atoms. The normalized spacial score (nSPS) is 21.1. The number of aliphatic hydroxyl groups is 5. The number of aromatic nitrogens is 8. The molecule has 426 valence electrons. The van der Waals surface area contributed by atoms with Gasteiger partial charge in [0.05, 0.1) is 32.4 Å². The van der Waals surface area contributed by atoms with Crippen LogP contribution < -0.4 is 11.0 Å². The SMILES string of the molecule is CONc1ncnc2c1ncn2[C@@H]1O[C@H]([C@H](O)c2ccc(Cl)cc2)[C@@H](O)[C@H]1O.CONc1ncnc2c1ncn2[C@@H]1O[C@H]([C@H](OC(=O)c2ccc(-c3ccccc3)cc2)c2ccc(Cl)cc2)[C@@H](O)[C@H]1O.N=N.O.O=C(O)C(F)(F)F.[HH]. The Morgan fingerprint density at radius 1 is 0.650 bits per heavy atom. The predicted octanol–water partition coefficient (Wildman–Crippen LogP) is 5.79. The molecule has 10 atom stereocenters. The van der Waals surface area contributed by atoms with Crippen LogP contribution in [0, 0.1) is 11.1 Å². The zero-order chi connectivity index (χ0) is 57.1. The number of alkyl halides is 3. The number of nitrogens with zero attached hydrogens (tertiary/aromatic N) is 8. The number of hydrogen-bond donors (Lipinski definition) is 10. The number of carboxylic acids is 1. The Morgan fingerprint density at radius 3 is 1.52 bits per heavy atom. The average molecular weight is 1160 g/mol. The van der Waals surface area contributed by atoms with Gasteiger partial charge in [0.15, 0.2) is 52.5 Å². The summed E-state index contributed by atoms with van der Waals surface area (Å²) in [4.78, 5) is 57.2. The fourth-order valence-corrected chi connectivity index (χ4v) is 8.45. The van der Waals surface area contributed by atoms with Gasteiger partial charge in [-0.25, -0.2) is 61.5 Å². The highest BCUT2D eigenvalue weighted by Crippen LogP contribution is 2.41. The Labute approximate surface area is 460 Å². The molecule has 8 aromatic rings. The Kier molecular flexibility index (Phi) is 20.9. The van der Waals surface area contributed by atoms with Crippen molar-refractivity contribution in [2.75, 3.05) is 25.2 Å². The molecule has 0 amide bonds. The Bertz CT molecular complexity index is 3310. The molecule has 2 aliphatic rings. The van der Waals surface area contributed by atoms with E-state index in [2.05, 4.69) is 40.9 Å². The van der Waals surface area contributed by atoms with Crippen LogP contribution in [0.4, 0.5) is 24.8 Å². The van der Waals surface area contributed by atoms with Gasteiger partial charge < -0.3 is 50.3 Å². The molecule has 0 unspecified atom stereocenters. The molecular formula is C49H51Cl2F3N12O14. The van der Waals surface area contributed by atoms with E-state index in [4.69, 9.17) is 68.1 Å². The third-order valence-corrected chi connectivity index (χ3v) is 12.4. The number of fused-ring (bicyclic) bond motifs is 2. The number of imidazole rings is 2. The van der Waals surface area contributed by atoms with Crippen LogP contribution in [-0.4, -0.2) is 144 Å². The van der Waals surface area contributed by atoms with E-state index in [1.165, 1.54) is 48.7 Å². The number of aliphatic carboxylic acids is 1. The smallest absolute Gasteiger partial charge is 0.475 e. The summed E-state index contributed by atoms with van der Waals surface area (Å²) >= 11 is 12.0. The molecule has 4 aromatic heterocycles. The Morgan fingerprint density at radius 2 is 1.07 bits per heavy atom. The summed E-state index contributed by atoms with van der Waals surface area (Å²) in [5.41, 5.74) is 20.0. The van der Waals surface area contributed by atoms with Crippen molar-refractivity contribution in [3.63, 3.8) is 0 Å². The number of hydrogen-bond acceptors (Lipinski definition) is 22. The average Bonchev–Trinajstić information content (AvgIpc) is 4.38. The monoisotopic (exact) mass is 1160 g/mol. The van der Waals surface area contributed by atoms with E-state index in [1.54, 1.807) is 60.7 Å². The van der Waals surface area contributed by atoms with Gasteiger partial charge in [0.2, 0.25) is 0 Å². The molecule has 2 saturated heterocycles. The van der Waals surface area contributed by atoms with Gasteiger partial charge in [0.25, 0.3) is 0 Å². The van der Waals surface area contributed by atoms with Crippen LogP contribution in [0.1, 0.15) is 47.6 Å². The van der Waals surface area contributed by atoms with Crippen molar-refractivity contribution < 1.29 is 84.2 Å². The lowest BCUT2D eigenvalue weighted by Gasteiger charge is -2.26. The zero-order valence-corrected chi connectivity index (χ0v) is 42.9. The fourth-order valence-electron chi connectivity index (χ4n) is 8.20. The number of nitrogens with one attached hydrogen (secondary N) is 4. The predicted molar refractivity (Wildman–Crippen MR) is 277 cm³/mol. The Balaban J connectivity index is 0.000000267. The quantitative estimate of drug-likeness (QED) is 0.0371. The molecule has 10 rings (SSSR count). The summed E-state index contributed by atoms with van der Waals surface area (Å²) in [6.07, 6.45) is -11.7. The number of rotatable bonds is 13. The standard InChI is InChI=1S/C30H26ClN5O6.C17H18ClN5O5.C2HF3O2.H2N2.H2O.H2/c1-40-35-27-22-28(33-15-32-27)36(16-34-22)29-24(38)23(37)26(41-29)25(19-11-13-21(31)14-12-19)42-30(39)20-9-7-18(8-10-20)17-5-3-2-4-6-17;1-27-22-15-10-16(20-6-19-15)23(7-21-10)17-13(26)12(25)14(28-17)11(24)8-2-4-9(18)5-3-8;3-2(4,5)1(6)7;1-2;;/h2-16,23-26,29,37-38H,1H3,(H,32,33,35);2-7,11-14,17,24-26H,1H3,(H,19,20,22);(H,6,7);1-2H;1H2;1H/t23-,24+,25+,26-,29+;11-,12+,13-,14-,17-;;;;/m01..../s1. The first kappa shape index (κ1) is 61.3. The van der Waals surface area contributed by atoms with Crippen LogP contribution in [0.25, 0.3) is 33.5 Å². The molecule has 0 bridgehead atoms. The second-order valence-corrected chi connectivity index (χ2v) is 17.6. The van der Waals surface area contributed by atoms with Crippen LogP contribution in [0.2, 0.25) is 10.0 Å². The van der Waals surface area contributed by atoms with Crippen LogP contribution in [-0.2, 0) is 28.7 Å². The van der Waals surface area contributed by atoms with Crippen molar-refractivity contribution in [1.82, 2.24) is 39.0 Å². The van der Waals surface area contributed by atoms with Gasteiger partial charge in [0.1, 0.15) is 55.4 Å². The number of benzene rings is 4. The van der Waals surface area contributed by atoms with E-state index in [-0.39, 0.29) is 6.90 Å². The molecule has 12 N–H and O–H groups in total. The molecule has 0 radical (unpaired) electrons. The molecule has 31 heteroatoms. The summed E-state index contributed by atoms with van der Waals surface area (Å²) in [5.74, 6) is -2.72. The first-order valence-electron chi connectivity index (χ1n) is 23.0. The maximum atomic E-state index is 13.4. The molecule has 26 nitrogen and oxygen atoms in total. The number of carbonyl (C=O) groups is 2. The molecule has 4 aromatic carbocycles. The van der Waals surface area contributed by atoms with Crippen LogP contribution in [0.15, 0.2) is 128 Å². The highest BCUT2D eigenvalue weighted by Gasteiger charge is 2.50. The lowest BCUT2D eigenvalue weighted by atomic mass is 9.98. The minimum atomic E-state index is -5.08. The number of esters is 1.